The van der Waals surface area contributed by atoms with E-state index < -0.39 is 18.0 Å². The topological polar surface area (TPSA) is 90.9 Å². The van der Waals surface area contributed by atoms with Gasteiger partial charge in [0.2, 0.25) is 0 Å². The summed E-state index contributed by atoms with van der Waals surface area (Å²) in [7, 11) is 1.39. The lowest BCUT2D eigenvalue weighted by Gasteiger charge is -2.27. The van der Waals surface area contributed by atoms with E-state index in [0.717, 1.165) is 25.9 Å². The molecule has 1 unspecified atom stereocenters. The van der Waals surface area contributed by atoms with E-state index in [1.165, 1.54) is 13.5 Å². The second-order valence-corrected chi connectivity index (χ2v) is 3.98. The van der Waals surface area contributed by atoms with Crippen LogP contribution in [-0.4, -0.2) is 55.0 Å². The van der Waals surface area contributed by atoms with E-state index in [0.29, 0.717) is 0 Å². The van der Waals surface area contributed by atoms with E-state index in [2.05, 4.69) is 10.7 Å². The predicted molar refractivity (Wildman–Crippen MR) is 60.4 cm³/mol. The molecule has 0 radical (unpaired) electrons. The highest BCUT2D eigenvalue weighted by molar-refractivity contribution is 5.82. The average molecular weight is 245 g/mol. The zero-order chi connectivity index (χ0) is 12.7. The van der Waals surface area contributed by atoms with Gasteiger partial charge in [0.05, 0.1) is 6.61 Å². The van der Waals surface area contributed by atoms with E-state index in [4.69, 9.17) is 9.84 Å². The summed E-state index contributed by atoms with van der Waals surface area (Å²) in [5, 5.41) is 13.0. The number of nitrogens with zero attached hydrogens (tertiary/aromatic N) is 1. The first-order valence-corrected chi connectivity index (χ1v) is 5.67. The molecule has 0 aromatic rings. The van der Waals surface area contributed by atoms with Crippen molar-refractivity contribution in [3.05, 3.63) is 0 Å². The molecule has 98 valence electrons. The highest BCUT2D eigenvalue weighted by Crippen LogP contribution is 2.05. The normalized spacial score (nSPS) is 18.4. The maximum atomic E-state index is 11.5. The van der Waals surface area contributed by atoms with Crippen molar-refractivity contribution in [2.45, 2.75) is 25.3 Å². The zero-order valence-corrected chi connectivity index (χ0v) is 9.94. The van der Waals surface area contributed by atoms with Gasteiger partial charge in [0.1, 0.15) is 0 Å². The van der Waals surface area contributed by atoms with Crippen LogP contribution in [0.1, 0.15) is 19.3 Å². The number of urea groups is 1. The van der Waals surface area contributed by atoms with Crippen LogP contribution in [0, 0.1) is 0 Å². The van der Waals surface area contributed by atoms with Gasteiger partial charge in [-0.25, -0.2) is 14.6 Å². The summed E-state index contributed by atoms with van der Waals surface area (Å²) in [6, 6.07) is -1.53. The van der Waals surface area contributed by atoms with Gasteiger partial charge < -0.3 is 15.2 Å². The van der Waals surface area contributed by atoms with Crippen LogP contribution < -0.4 is 10.7 Å². The van der Waals surface area contributed by atoms with E-state index in [-0.39, 0.29) is 6.61 Å². The summed E-state index contributed by atoms with van der Waals surface area (Å²) in [5.41, 5.74) is 2.63. The van der Waals surface area contributed by atoms with E-state index in [1.54, 1.807) is 5.01 Å². The molecule has 1 fully saturated rings. The van der Waals surface area contributed by atoms with Crippen molar-refractivity contribution < 1.29 is 19.4 Å². The molecule has 0 aromatic carbocycles. The number of hydrogen-bond donors (Lipinski definition) is 3. The Balaban J connectivity index is 2.33. The van der Waals surface area contributed by atoms with Crippen molar-refractivity contribution in [1.82, 2.24) is 15.8 Å². The number of nitrogens with one attached hydrogen (secondary N) is 2. The van der Waals surface area contributed by atoms with Crippen LogP contribution in [0.2, 0.25) is 0 Å². The molecule has 3 N–H and O–H groups in total. The number of methoxy groups -OCH3 is 1. The first-order chi connectivity index (χ1) is 8.13. The minimum absolute atomic E-state index is 0.0528. The molecule has 2 amide bonds. The maximum Gasteiger partial charge on any atom is 0.330 e. The number of piperidine rings is 1. The van der Waals surface area contributed by atoms with Crippen molar-refractivity contribution in [1.29, 1.82) is 0 Å². The fourth-order valence-electron chi connectivity index (χ4n) is 1.68. The fourth-order valence-corrected chi connectivity index (χ4v) is 1.68. The van der Waals surface area contributed by atoms with Gasteiger partial charge in [-0.1, -0.05) is 6.42 Å². The van der Waals surface area contributed by atoms with Crippen LogP contribution in [0.4, 0.5) is 4.79 Å². The number of hydrogen-bond acceptors (Lipinski definition) is 4. The third-order valence-electron chi connectivity index (χ3n) is 2.55. The number of ether oxygens (including phenoxy) is 1. The first-order valence-electron chi connectivity index (χ1n) is 5.67. The van der Waals surface area contributed by atoms with Crippen molar-refractivity contribution in [3.63, 3.8) is 0 Å². The molecule has 1 aliphatic rings. The number of aliphatic carboxylic acids is 1. The van der Waals surface area contributed by atoms with Gasteiger partial charge in [-0.15, -0.1) is 0 Å². The number of carboxylic acids is 1. The molecular formula is C10H19N3O4. The standard InChI is InChI=1S/C10H19N3O4/c1-17-7-8(9(14)15)11-10(16)12-13-5-3-2-4-6-13/h8H,2-7H2,1H3,(H,14,15)(H2,11,12,16). The highest BCUT2D eigenvalue weighted by Gasteiger charge is 2.21. The Hall–Kier alpha value is -1.34. The van der Waals surface area contributed by atoms with Crippen molar-refractivity contribution in [3.8, 4) is 0 Å². The summed E-state index contributed by atoms with van der Waals surface area (Å²) in [6.45, 7) is 1.55. The van der Waals surface area contributed by atoms with Crippen LogP contribution in [0.25, 0.3) is 0 Å². The van der Waals surface area contributed by atoms with Crippen LogP contribution in [-0.2, 0) is 9.53 Å². The van der Waals surface area contributed by atoms with Crippen LogP contribution >= 0.6 is 0 Å². The monoisotopic (exact) mass is 245 g/mol. The Morgan fingerprint density at radius 1 is 1.35 bits per heavy atom. The largest absolute Gasteiger partial charge is 0.480 e. The van der Waals surface area contributed by atoms with Crippen molar-refractivity contribution >= 4 is 12.0 Å². The Morgan fingerprint density at radius 2 is 2.00 bits per heavy atom. The van der Waals surface area contributed by atoms with Gasteiger partial charge in [-0.05, 0) is 12.8 Å². The quantitative estimate of drug-likeness (QED) is 0.623. The lowest BCUT2D eigenvalue weighted by molar-refractivity contribution is -0.140. The Kier molecular flexibility index (Phi) is 5.71. The minimum atomic E-state index is -1.11. The first kappa shape index (κ1) is 13.7. The summed E-state index contributed by atoms with van der Waals surface area (Å²) >= 11 is 0. The SMILES string of the molecule is COCC(NC(=O)NN1CCCCC1)C(=O)O. The Bertz CT molecular complexity index is 266. The summed E-state index contributed by atoms with van der Waals surface area (Å²) in [5.74, 6) is -1.11. The van der Waals surface area contributed by atoms with Gasteiger partial charge in [-0.2, -0.15) is 0 Å². The van der Waals surface area contributed by atoms with Crippen LogP contribution in [0.15, 0.2) is 0 Å². The van der Waals surface area contributed by atoms with E-state index in [9.17, 15) is 9.59 Å². The molecular weight excluding hydrogens is 226 g/mol. The Labute approximate surface area is 100 Å². The van der Waals surface area contributed by atoms with Crippen LogP contribution in [0.5, 0.6) is 0 Å². The lowest BCUT2D eigenvalue weighted by Crippen LogP contribution is -2.54. The molecule has 7 heteroatoms. The number of rotatable bonds is 5. The molecule has 0 saturated carbocycles. The second-order valence-electron chi connectivity index (χ2n) is 3.98. The van der Waals surface area contributed by atoms with Crippen LogP contribution in [0.3, 0.4) is 0 Å². The molecule has 0 aromatic heterocycles. The molecule has 1 heterocycles. The molecule has 17 heavy (non-hydrogen) atoms. The summed E-state index contributed by atoms with van der Waals surface area (Å²) < 4.78 is 4.72. The molecule has 7 nitrogen and oxygen atoms in total. The molecule has 1 atom stereocenters. The number of carbonyl (C=O) groups excluding carboxylic acids is 1. The summed E-state index contributed by atoms with van der Waals surface area (Å²) in [6.07, 6.45) is 3.25. The van der Waals surface area contributed by atoms with Crippen molar-refractivity contribution in [2.75, 3.05) is 26.8 Å². The van der Waals surface area contributed by atoms with Gasteiger partial charge in [0, 0.05) is 20.2 Å². The van der Waals surface area contributed by atoms with Crippen molar-refractivity contribution in [2.24, 2.45) is 0 Å². The van der Waals surface area contributed by atoms with Gasteiger partial charge in [-0.3, -0.25) is 5.43 Å². The number of carboxylic acid groups (broad SMARTS) is 1. The number of hydrazine groups is 1. The fraction of sp³-hybridized carbons (Fsp3) is 0.800. The zero-order valence-electron chi connectivity index (χ0n) is 9.94. The molecule has 1 saturated heterocycles. The molecule has 1 aliphatic heterocycles. The molecule has 0 bridgehead atoms. The third-order valence-corrected chi connectivity index (χ3v) is 2.55. The van der Waals surface area contributed by atoms with E-state index >= 15 is 0 Å². The Morgan fingerprint density at radius 3 is 2.53 bits per heavy atom. The average Bonchev–Trinajstić information content (AvgIpc) is 2.29. The lowest BCUT2D eigenvalue weighted by atomic mass is 10.2. The molecule has 0 aliphatic carbocycles. The molecule has 0 spiro atoms. The second kappa shape index (κ2) is 7.08. The predicted octanol–water partition coefficient (Wildman–Crippen LogP) is -0.214. The highest BCUT2D eigenvalue weighted by atomic mass is 16.5. The maximum absolute atomic E-state index is 11.5. The van der Waals surface area contributed by atoms with Gasteiger partial charge >= 0.3 is 12.0 Å². The van der Waals surface area contributed by atoms with Gasteiger partial charge in [0.25, 0.3) is 0 Å². The smallest absolute Gasteiger partial charge is 0.330 e. The van der Waals surface area contributed by atoms with E-state index in [1.807, 2.05) is 0 Å². The van der Waals surface area contributed by atoms with Gasteiger partial charge in [0.15, 0.2) is 6.04 Å². The number of carbonyl (C=O) groups is 2. The minimum Gasteiger partial charge on any atom is -0.480 e. The third kappa shape index (κ3) is 5.01. The molecule has 1 rings (SSSR count). The number of amides is 2. The summed E-state index contributed by atoms with van der Waals surface area (Å²) in [4.78, 5) is 22.3.